The van der Waals surface area contributed by atoms with Gasteiger partial charge in [-0.3, -0.25) is 4.79 Å². The summed E-state index contributed by atoms with van der Waals surface area (Å²) in [6.45, 7) is 2.81. The first-order chi connectivity index (χ1) is 8.24. The van der Waals surface area contributed by atoms with Crippen LogP contribution in [0, 0.1) is 5.92 Å². The van der Waals surface area contributed by atoms with Crippen LogP contribution in [-0.4, -0.2) is 17.8 Å². The Morgan fingerprint density at radius 2 is 1.82 bits per heavy atom. The van der Waals surface area contributed by atoms with Crippen molar-refractivity contribution in [3.8, 4) is 0 Å². The van der Waals surface area contributed by atoms with Crippen LogP contribution in [0.3, 0.4) is 0 Å². The van der Waals surface area contributed by atoms with Crippen LogP contribution in [0.1, 0.15) is 64.7 Å². The van der Waals surface area contributed by atoms with E-state index in [0.717, 1.165) is 32.2 Å². The Kier molecular flexibility index (Phi) is 7.67. The molecule has 1 aliphatic carbocycles. The van der Waals surface area contributed by atoms with Crippen molar-refractivity contribution in [2.24, 2.45) is 5.92 Å². The Morgan fingerprint density at radius 1 is 1.24 bits per heavy atom. The molecule has 0 aromatic rings. The van der Waals surface area contributed by atoms with E-state index in [9.17, 15) is 4.79 Å². The second-order valence-corrected chi connectivity index (χ2v) is 5.74. The van der Waals surface area contributed by atoms with Gasteiger partial charge < -0.3 is 5.32 Å². The number of nitrogens with one attached hydrogen (secondary N) is 1. The van der Waals surface area contributed by atoms with Gasteiger partial charge in [0.05, 0.1) is 0 Å². The van der Waals surface area contributed by atoms with Gasteiger partial charge in [0.25, 0.3) is 0 Å². The second kappa shape index (κ2) is 8.79. The lowest BCUT2D eigenvalue weighted by Crippen LogP contribution is -2.32. The molecule has 0 aliphatic heterocycles. The van der Waals surface area contributed by atoms with Crippen molar-refractivity contribution in [1.82, 2.24) is 5.32 Å². The van der Waals surface area contributed by atoms with E-state index in [2.05, 4.69) is 12.2 Å². The molecule has 0 heterocycles. The van der Waals surface area contributed by atoms with Crippen LogP contribution < -0.4 is 5.32 Å². The Hall–Kier alpha value is -0.240. The number of hydrogen-bond donors (Lipinski definition) is 1. The molecule has 0 bridgehead atoms. The van der Waals surface area contributed by atoms with Crippen LogP contribution in [-0.2, 0) is 4.79 Å². The first-order valence-corrected chi connectivity index (χ1v) is 7.59. The van der Waals surface area contributed by atoms with Crippen LogP contribution >= 0.6 is 11.6 Å². The fourth-order valence-electron chi connectivity index (χ4n) is 2.42. The molecule has 0 spiro atoms. The summed E-state index contributed by atoms with van der Waals surface area (Å²) in [4.78, 5) is 12.0. The number of alkyl halides is 1. The van der Waals surface area contributed by atoms with Crippen molar-refractivity contribution in [3.63, 3.8) is 0 Å². The van der Waals surface area contributed by atoms with Gasteiger partial charge in [0.15, 0.2) is 0 Å². The molecule has 0 radical (unpaired) electrons. The molecule has 1 saturated carbocycles. The van der Waals surface area contributed by atoms with Gasteiger partial charge in [-0.2, -0.15) is 0 Å². The summed E-state index contributed by atoms with van der Waals surface area (Å²) < 4.78 is 0. The minimum absolute atomic E-state index is 0.202. The Balaban J connectivity index is 2.20. The summed E-state index contributed by atoms with van der Waals surface area (Å²) in [6.07, 6.45) is 10.4. The highest BCUT2D eigenvalue weighted by molar-refractivity contribution is 6.20. The molecule has 1 unspecified atom stereocenters. The predicted molar refractivity (Wildman–Crippen MR) is 73.4 cm³/mol. The maximum atomic E-state index is 12.0. The van der Waals surface area contributed by atoms with E-state index in [1.807, 2.05) is 0 Å². The molecule has 100 valence electrons. The molecule has 3 heteroatoms. The molecule has 1 rings (SSSR count). The highest BCUT2D eigenvalue weighted by atomic mass is 35.5. The maximum Gasteiger partial charge on any atom is 0.223 e. The predicted octanol–water partition coefficient (Wildman–Crippen LogP) is 3.87. The van der Waals surface area contributed by atoms with Crippen molar-refractivity contribution in [2.45, 2.75) is 70.1 Å². The molecular formula is C14H26ClNO. The molecule has 1 fully saturated rings. The molecule has 1 atom stereocenters. The largest absolute Gasteiger partial charge is 0.356 e. The summed E-state index contributed by atoms with van der Waals surface area (Å²) in [7, 11) is 0. The highest BCUT2D eigenvalue weighted by Crippen LogP contribution is 2.22. The summed E-state index contributed by atoms with van der Waals surface area (Å²) in [5, 5.41) is 3.24. The number of hydrogen-bond acceptors (Lipinski definition) is 1. The van der Waals surface area contributed by atoms with E-state index >= 15 is 0 Å². The highest BCUT2D eigenvalue weighted by Gasteiger charge is 2.18. The number of carbonyl (C=O) groups excluding carboxylic acids is 1. The van der Waals surface area contributed by atoms with Gasteiger partial charge in [0.2, 0.25) is 5.91 Å². The average Bonchev–Trinajstić information content (AvgIpc) is 2.28. The fourth-order valence-corrected chi connectivity index (χ4v) is 2.53. The first-order valence-electron chi connectivity index (χ1n) is 7.15. The molecular weight excluding hydrogens is 234 g/mol. The second-order valence-electron chi connectivity index (χ2n) is 5.13. The zero-order chi connectivity index (χ0) is 12.5. The van der Waals surface area contributed by atoms with Crippen molar-refractivity contribution in [1.29, 1.82) is 0 Å². The lowest BCUT2D eigenvalue weighted by molar-refractivity contribution is -0.125. The third kappa shape index (κ3) is 6.30. The molecule has 0 aromatic carbocycles. The van der Waals surface area contributed by atoms with E-state index in [-0.39, 0.29) is 17.2 Å². The average molecular weight is 260 g/mol. The Labute approximate surface area is 110 Å². The van der Waals surface area contributed by atoms with E-state index in [4.69, 9.17) is 11.6 Å². The normalized spacial score (nSPS) is 20.4. The van der Waals surface area contributed by atoms with Gasteiger partial charge >= 0.3 is 0 Å². The zero-order valence-electron chi connectivity index (χ0n) is 11.0. The molecule has 1 N–H and O–H groups in total. The van der Waals surface area contributed by atoms with Crippen LogP contribution in [0.15, 0.2) is 0 Å². The quantitative estimate of drug-likeness (QED) is 0.746. The van der Waals surface area contributed by atoms with Gasteiger partial charge in [-0.1, -0.05) is 39.0 Å². The minimum Gasteiger partial charge on any atom is -0.356 e. The smallest absolute Gasteiger partial charge is 0.223 e. The fraction of sp³-hybridized carbons (Fsp3) is 0.929. The Bertz CT molecular complexity index is 212. The number of amides is 1. The SMILES string of the molecule is CCC(Cl)CCNC(=O)C1CCCCCCC1. The summed E-state index contributed by atoms with van der Waals surface area (Å²) in [6, 6.07) is 0. The third-order valence-electron chi connectivity index (χ3n) is 3.68. The van der Waals surface area contributed by atoms with Gasteiger partial charge in [-0.05, 0) is 25.7 Å². The van der Waals surface area contributed by atoms with Gasteiger partial charge in [0.1, 0.15) is 0 Å². The molecule has 0 aromatic heterocycles. The van der Waals surface area contributed by atoms with Crippen LogP contribution in [0.25, 0.3) is 0 Å². The zero-order valence-corrected chi connectivity index (χ0v) is 11.8. The number of carbonyl (C=O) groups is 1. The summed E-state index contributed by atoms with van der Waals surface area (Å²) in [5.74, 6) is 0.512. The Morgan fingerprint density at radius 3 is 2.41 bits per heavy atom. The summed E-state index contributed by atoms with van der Waals surface area (Å²) in [5.41, 5.74) is 0. The van der Waals surface area contributed by atoms with Gasteiger partial charge in [-0.15, -0.1) is 11.6 Å². The van der Waals surface area contributed by atoms with E-state index in [0.29, 0.717) is 0 Å². The van der Waals surface area contributed by atoms with E-state index < -0.39 is 0 Å². The van der Waals surface area contributed by atoms with Gasteiger partial charge in [0, 0.05) is 17.8 Å². The van der Waals surface area contributed by atoms with Crippen molar-refractivity contribution < 1.29 is 4.79 Å². The molecule has 17 heavy (non-hydrogen) atoms. The lowest BCUT2D eigenvalue weighted by Gasteiger charge is -2.19. The van der Waals surface area contributed by atoms with Crippen LogP contribution in [0.2, 0.25) is 0 Å². The van der Waals surface area contributed by atoms with Crippen LogP contribution in [0.4, 0.5) is 0 Å². The van der Waals surface area contributed by atoms with Crippen molar-refractivity contribution in [2.75, 3.05) is 6.54 Å². The lowest BCUT2D eigenvalue weighted by atomic mass is 9.90. The van der Waals surface area contributed by atoms with Gasteiger partial charge in [-0.25, -0.2) is 0 Å². The minimum atomic E-state index is 0.202. The summed E-state index contributed by atoms with van der Waals surface area (Å²) >= 11 is 6.03. The third-order valence-corrected chi connectivity index (χ3v) is 4.20. The molecule has 2 nitrogen and oxygen atoms in total. The van der Waals surface area contributed by atoms with Crippen molar-refractivity contribution >= 4 is 17.5 Å². The number of halogens is 1. The first kappa shape index (κ1) is 14.8. The maximum absolute atomic E-state index is 12.0. The molecule has 1 aliphatic rings. The number of rotatable bonds is 5. The van der Waals surface area contributed by atoms with E-state index in [1.54, 1.807) is 0 Å². The van der Waals surface area contributed by atoms with Crippen molar-refractivity contribution in [3.05, 3.63) is 0 Å². The van der Waals surface area contributed by atoms with Crippen LogP contribution in [0.5, 0.6) is 0 Å². The molecule has 0 saturated heterocycles. The monoisotopic (exact) mass is 259 g/mol. The van der Waals surface area contributed by atoms with E-state index in [1.165, 1.54) is 32.1 Å². The molecule has 1 amide bonds. The topological polar surface area (TPSA) is 29.1 Å². The standard InChI is InChI=1S/C14H26ClNO/c1-2-13(15)10-11-16-14(17)12-8-6-4-3-5-7-9-12/h12-13H,2-11H2,1H3,(H,16,17).